The number of fused-ring (bicyclic) bond motifs is 1. The lowest BCUT2D eigenvalue weighted by Crippen LogP contribution is -2.47. The molecule has 3 heterocycles. The molecule has 1 fully saturated rings. The molecule has 2 aromatic rings. The molecule has 4 rings (SSSR count). The van der Waals surface area contributed by atoms with Crippen LogP contribution in [0, 0.1) is 5.92 Å². The number of para-hydroxylation sites is 2. The summed E-state index contributed by atoms with van der Waals surface area (Å²) in [6.07, 6.45) is 4.64. The van der Waals surface area contributed by atoms with Crippen molar-refractivity contribution in [1.29, 1.82) is 0 Å². The van der Waals surface area contributed by atoms with Crippen molar-refractivity contribution in [1.82, 2.24) is 20.0 Å². The molecule has 2 aliphatic rings. The maximum atomic E-state index is 13.4. The number of hydrogen-bond acceptors (Lipinski definition) is 5. The maximum Gasteiger partial charge on any atom is 0.227 e. The van der Waals surface area contributed by atoms with Crippen LogP contribution in [0.15, 0.2) is 36.7 Å². The fourth-order valence-electron chi connectivity index (χ4n) is 4.11. The molecule has 7 nitrogen and oxygen atoms in total. The standard InChI is InChI=1S/C21H28N4O3.ClH/c1-3-8-25(13-16-14-27-19-6-4-5-7-20(19)28-16)21(26)18-11-22-10-17(18)15-9-23-24(2)12-15;/h4-7,9,12,16-18,22H,3,8,10-11,13-14H2,1-2H3;1H/t16?,17-,18+;/m1./s1. The van der Waals surface area contributed by atoms with Gasteiger partial charge in [-0.05, 0) is 24.1 Å². The van der Waals surface area contributed by atoms with Gasteiger partial charge in [0.15, 0.2) is 17.6 Å². The molecule has 2 aliphatic heterocycles. The Balaban J connectivity index is 0.00000240. The summed E-state index contributed by atoms with van der Waals surface area (Å²) in [6, 6.07) is 7.68. The zero-order chi connectivity index (χ0) is 19.5. The highest BCUT2D eigenvalue weighted by atomic mass is 35.5. The van der Waals surface area contributed by atoms with Crippen molar-refractivity contribution in [3.8, 4) is 11.5 Å². The summed E-state index contributed by atoms with van der Waals surface area (Å²) in [6.45, 7) is 5.31. The van der Waals surface area contributed by atoms with E-state index in [9.17, 15) is 4.79 Å². The predicted molar refractivity (Wildman–Crippen MR) is 113 cm³/mol. The molecule has 0 bridgehead atoms. The molecule has 1 amide bonds. The van der Waals surface area contributed by atoms with E-state index in [2.05, 4.69) is 17.3 Å². The van der Waals surface area contributed by atoms with Crippen LogP contribution in [0.1, 0.15) is 24.8 Å². The van der Waals surface area contributed by atoms with Crippen LogP contribution in [0.3, 0.4) is 0 Å². The van der Waals surface area contributed by atoms with Gasteiger partial charge in [0.2, 0.25) is 5.91 Å². The second-order valence-electron chi connectivity index (χ2n) is 7.60. The van der Waals surface area contributed by atoms with Crippen molar-refractivity contribution in [3.63, 3.8) is 0 Å². The van der Waals surface area contributed by atoms with E-state index in [4.69, 9.17) is 9.47 Å². The Morgan fingerprint density at radius 1 is 1.31 bits per heavy atom. The minimum atomic E-state index is -0.156. The van der Waals surface area contributed by atoms with Crippen LogP contribution >= 0.6 is 12.4 Å². The Morgan fingerprint density at radius 2 is 2.10 bits per heavy atom. The van der Waals surface area contributed by atoms with E-state index in [0.29, 0.717) is 19.7 Å². The van der Waals surface area contributed by atoms with Gasteiger partial charge < -0.3 is 19.7 Å². The van der Waals surface area contributed by atoms with E-state index >= 15 is 0 Å². The predicted octanol–water partition coefficient (Wildman–Crippen LogP) is 2.22. The number of carbonyl (C=O) groups excluding carboxylic acids is 1. The molecule has 1 N–H and O–H groups in total. The normalized spacial score (nSPS) is 22.8. The first-order valence-corrected chi connectivity index (χ1v) is 10.0. The second kappa shape index (κ2) is 9.50. The third-order valence-corrected chi connectivity index (χ3v) is 5.48. The number of carbonyl (C=O) groups is 1. The number of hydrogen-bond donors (Lipinski definition) is 1. The summed E-state index contributed by atoms with van der Waals surface area (Å²) in [5.74, 6) is 1.78. The average Bonchev–Trinajstić information content (AvgIpc) is 3.36. The van der Waals surface area contributed by atoms with Gasteiger partial charge in [-0.25, -0.2) is 0 Å². The van der Waals surface area contributed by atoms with Crippen molar-refractivity contribution in [2.75, 3.05) is 32.8 Å². The van der Waals surface area contributed by atoms with E-state index in [1.54, 1.807) is 4.68 Å². The summed E-state index contributed by atoms with van der Waals surface area (Å²) in [5.41, 5.74) is 1.12. The summed E-state index contributed by atoms with van der Waals surface area (Å²) in [4.78, 5) is 15.4. The van der Waals surface area contributed by atoms with Crippen LogP contribution in [0.2, 0.25) is 0 Å². The number of aryl methyl sites for hydroxylation is 1. The van der Waals surface area contributed by atoms with E-state index < -0.39 is 0 Å². The molecule has 1 aromatic carbocycles. The molecule has 0 radical (unpaired) electrons. The highest BCUT2D eigenvalue weighted by Crippen LogP contribution is 2.32. The van der Waals surface area contributed by atoms with Crippen LogP contribution < -0.4 is 14.8 Å². The molecular formula is C21H29ClN4O3. The van der Waals surface area contributed by atoms with Gasteiger partial charge in [-0.3, -0.25) is 9.48 Å². The number of aromatic nitrogens is 2. The molecule has 0 saturated carbocycles. The minimum absolute atomic E-state index is 0. The van der Waals surface area contributed by atoms with Gasteiger partial charge in [0, 0.05) is 38.8 Å². The first-order valence-electron chi connectivity index (χ1n) is 10.0. The van der Waals surface area contributed by atoms with Crippen LogP contribution in [-0.2, 0) is 11.8 Å². The Labute approximate surface area is 177 Å². The van der Waals surface area contributed by atoms with Crippen molar-refractivity contribution >= 4 is 18.3 Å². The summed E-state index contributed by atoms with van der Waals surface area (Å²) < 4.78 is 13.7. The van der Waals surface area contributed by atoms with Crippen LogP contribution in [0.25, 0.3) is 0 Å². The van der Waals surface area contributed by atoms with Crippen LogP contribution in [-0.4, -0.2) is 59.5 Å². The molecule has 1 saturated heterocycles. The summed E-state index contributed by atoms with van der Waals surface area (Å²) >= 11 is 0. The van der Waals surface area contributed by atoms with E-state index in [1.165, 1.54) is 0 Å². The Bertz CT molecular complexity index is 828. The molecule has 0 aliphatic carbocycles. The van der Waals surface area contributed by atoms with Crippen molar-refractivity contribution in [2.24, 2.45) is 13.0 Å². The molecule has 158 valence electrons. The van der Waals surface area contributed by atoms with Gasteiger partial charge in [-0.2, -0.15) is 5.10 Å². The van der Waals surface area contributed by atoms with Gasteiger partial charge in [-0.1, -0.05) is 19.1 Å². The third-order valence-electron chi connectivity index (χ3n) is 5.48. The first kappa shape index (κ1) is 21.5. The monoisotopic (exact) mass is 420 g/mol. The molecule has 0 spiro atoms. The lowest BCUT2D eigenvalue weighted by Gasteiger charge is -2.33. The third kappa shape index (κ3) is 4.67. The van der Waals surface area contributed by atoms with Gasteiger partial charge in [0.05, 0.1) is 18.7 Å². The van der Waals surface area contributed by atoms with Gasteiger partial charge in [-0.15, -0.1) is 12.4 Å². The number of amides is 1. The lowest BCUT2D eigenvalue weighted by molar-refractivity contribution is -0.137. The zero-order valence-corrected chi connectivity index (χ0v) is 17.7. The Morgan fingerprint density at radius 3 is 2.83 bits per heavy atom. The van der Waals surface area contributed by atoms with E-state index in [1.807, 2.05) is 48.6 Å². The fourth-order valence-corrected chi connectivity index (χ4v) is 4.11. The van der Waals surface area contributed by atoms with Gasteiger partial charge in [0.1, 0.15) is 6.61 Å². The van der Waals surface area contributed by atoms with E-state index in [0.717, 1.165) is 36.6 Å². The minimum Gasteiger partial charge on any atom is -0.486 e. The van der Waals surface area contributed by atoms with Crippen molar-refractivity contribution < 1.29 is 14.3 Å². The molecule has 8 heteroatoms. The number of rotatable bonds is 6. The molecule has 3 atom stereocenters. The fraction of sp³-hybridized carbons (Fsp3) is 0.524. The topological polar surface area (TPSA) is 68.6 Å². The molecule has 1 unspecified atom stereocenters. The highest BCUT2D eigenvalue weighted by molar-refractivity contribution is 5.85. The largest absolute Gasteiger partial charge is 0.486 e. The Kier molecular flexibility index (Phi) is 7.03. The van der Waals surface area contributed by atoms with E-state index in [-0.39, 0.29) is 36.3 Å². The summed E-state index contributed by atoms with van der Waals surface area (Å²) in [7, 11) is 1.91. The number of nitrogens with zero attached hydrogens (tertiary/aromatic N) is 3. The Hall–Kier alpha value is -2.25. The average molecular weight is 421 g/mol. The van der Waals surface area contributed by atoms with Crippen molar-refractivity contribution in [2.45, 2.75) is 25.4 Å². The molecule has 29 heavy (non-hydrogen) atoms. The number of benzene rings is 1. The van der Waals surface area contributed by atoms with Crippen LogP contribution in [0.4, 0.5) is 0 Å². The number of halogens is 1. The summed E-state index contributed by atoms with van der Waals surface area (Å²) in [5, 5.41) is 7.66. The molecular weight excluding hydrogens is 392 g/mol. The molecule has 1 aromatic heterocycles. The van der Waals surface area contributed by atoms with Crippen molar-refractivity contribution in [3.05, 3.63) is 42.2 Å². The second-order valence-corrected chi connectivity index (χ2v) is 7.60. The maximum absolute atomic E-state index is 13.4. The quantitative estimate of drug-likeness (QED) is 0.776. The SMILES string of the molecule is CCCN(CC1COc2ccccc2O1)C(=O)[C@H]1CNC[C@@H]1c1cnn(C)c1.Cl. The highest BCUT2D eigenvalue weighted by Gasteiger charge is 2.38. The smallest absolute Gasteiger partial charge is 0.227 e. The number of nitrogens with one attached hydrogen (secondary N) is 1. The zero-order valence-electron chi connectivity index (χ0n) is 16.9. The van der Waals surface area contributed by atoms with Gasteiger partial charge >= 0.3 is 0 Å². The van der Waals surface area contributed by atoms with Crippen LogP contribution in [0.5, 0.6) is 11.5 Å². The number of ether oxygens (including phenoxy) is 2. The first-order chi connectivity index (χ1) is 13.7. The lowest BCUT2D eigenvalue weighted by atomic mass is 9.89. The van der Waals surface area contributed by atoms with Gasteiger partial charge in [0.25, 0.3) is 0 Å².